The molecule has 0 aliphatic rings. The Morgan fingerprint density at radius 1 is 0.826 bits per heavy atom. The average Bonchev–Trinajstić information content (AvgIpc) is 3.03. The summed E-state index contributed by atoms with van der Waals surface area (Å²) >= 11 is 0. The van der Waals surface area contributed by atoms with Crippen LogP contribution in [0.25, 0.3) is 0 Å². The Morgan fingerprint density at radius 3 is 2.15 bits per heavy atom. The minimum Gasteiger partial charge on any atom is -0.390 e. The number of nitrogens with one attached hydrogen (secondary N) is 2. The molecule has 0 radical (unpaired) electrons. The minimum atomic E-state index is -4.51. The highest BCUT2D eigenvalue weighted by Gasteiger charge is 2.30. The van der Waals surface area contributed by atoms with E-state index >= 15 is 0 Å². The molecule has 0 aromatic heterocycles. The number of aliphatic hydroxyl groups excluding tert-OH is 1. The van der Waals surface area contributed by atoms with Gasteiger partial charge in [-0.3, -0.25) is 9.59 Å². The smallest absolute Gasteiger partial charge is 0.390 e. The van der Waals surface area contributed by atoms with Gasteiger partial charge in [0.05, 0.1) is 23.8 Å². The summed E-state index contributed by atoms with van der Waals surface area (Å²) in [5, 5.41) is 16.6. The summed E-state index contributed by atoms with van der Waals surface area (Å²) in [5.74, 6) is -2.64. The Kier molecular flexibility index (Phi) is 11.3. The summed E-state index contributed by atoms with van der Waals surface area (Å²) < 4.78 is 67.2. The summed E-state index contributed by atoms with van der Waals surface area (Å²) in [5.41, 5.74) is 0.978. The lowest BCUT2D eigenvalue weighted by Crippen LogP contribution is -2.48. The van der Waals surface area contributed by atoms with Gasteiger partial charge in [-0.15, -0.1) is 0 Å². The van der Waals surface area contributed by atoms with Gasteiger partial charge in [-0.25, -0.2) is 8.78 Å². The number of carbonyl (C=O) groups excluding carboxylic acids is 2. The van der Waals surface area contributed by atoms with E-state index in [2.05, 4.69) is 10.6 Å². The number of nitrogens with zero attached hydrogens (tertiary/aromatic N) is 1. The van der Waals surface area contributed by atoms with Crippen molar-refractivity contribution in [1.29, 1.82) is 0 Å². The quantitative estimate of drug-likeness (QED) is 0.159. The largest absolute Gasteiger partial charge is 0.416 e. The van der Waals surface area contributed by atoms with Crippen molar-refractivity contribution in [3.8, 4) is 0 Å². The molecule has 0 saturated heterocycles. The fraction of sp³-hybridized carbons (Fsp3) is 0.257. The van der Waals surface area contributed by atoms with E-state index in [-0.39, 0.29) is 48.1 Å². The molecular formula is C35H34F5N3O3. The lowest BCUT2D eigenvalue weighted by molar-refractivity contribution is -0.137. The first kappa shape index (κ1) is 34.3. The van der Waals surface area contributed by atoms with Crippen LogP contribution in [0, 0.1) is 11.6 Å². The number of alkyl halides is 3. The predicted octanol–water partition coefficient (Wildman–Crippen LogP) is 6.31. The van der Waals surface area contributed by atoms with E-state index in [4.69, 9.17) is 0 Å². The van der Waals surface area contributed by atoms with Crippen LogP contribution >= 0.6 is 0 Å². The zero-order chi connectivity index (χ0) is 33.4. The van der Waals surface area contributed by atoms with Crippen LogP contribution in [0.5, 0.6) is 0 Å². The Labute approximate surface area is 263 Å². The first-order valence-electron chi connectivity index (χ1n) is 14.5. The van der Waals surface area contributed by atoms with Gasteiger partial charge >= 0.3 is 6.18 Å². The maximum Gasteiger partial charge on any atom is 0.416 e. The van der Waals surface area contributed by atoms with Crippen LogP contribution in [0.2, 0.25) is 0 Å². The Bertz CT molecular complexity index is 1630. The average molecular weight is 640 g/mol. The molecule has 0 aliphatic heterocycles. The standard InChI is InChI=1S/C35H34F5N3O3/c1-22(25-9-4-3-5-10-25)43(2)34(46)27-12-7-11-26(18-27)33(45)42-31(17-24-15-29(36)19-30(37)16-24)32(44)21-41-20-23-8-6-13-28(14-23)35(38,39)40/h3-16,18-19,22,31-32,41,44H,17,20-21H2,1-2H3,(H,42,45)/t22-,31+,32-/m1/s1. The van der Waals surface area contributed by atoms with Crippen LogP contribution in [0.4, 0.5) is 22.0 Å². The highest BCUT2D eigenvalue weighted by atomic mass is 19.4. The highest BCUT2D eigenvalue weighted by Crippen LogP contribution is 2.29. The van der Waals surface area contributed by atoms with E-state index in [1.807, 2.05) is 37.3 Å². The molecule has 0 heterocycles. The van der Waals surface area contributed by atoms with Crippen molar-refractivity contribution in [3.05, 3.63) is 142 Å². The molecule has 0 unspecified atom stereocenters. The molecule has 242 valence electrons. The molecule has 4 rings (SSSR count). The van der Waals surface area contributed by atoms with Crippen molar-refractivity contribution in [3.63, 3.8) is 0 Å². The summed E-state index contributed by atoms with van der Waals surface area (Å²) in [6.45, 7) is 1.70. The Hall–Kier alpha value is -4.61. The van der Waals surface area contributed by atoms with E-state index in [9.17, 15) is 36.6 Å². The minimum absolute atomic E-state index is 0.0185. The molecule has 0 spiro atoms. The molecule has 3 atom stereocenters. The van der Waals surface area contributed by atoms with Crippen LogP contribution in [0.15, 0.2) is 97.1 Å². The summed E-state index contributed by atoms with van der Waals surface area (Å²) in [7, 11) is 1.66. The van der Waals surface area contributed by atoms with Crippen molar-refractivity contribution in [2.45, 2.75) is 44.3 Å². The number of amides is 2. The lowest BCUT2D eigenvalue weighted by Gasteiger charge is -2.26. The second kappa shape index (κ2) is 15.1. The molecule has 4 aromatic carbocycles. The highest BCUT2D eigenvalue weighted by molar-refractivity contribution is 5.99. The normalized spacial score (nSPS) is 13.5. The van der Waals surface area contributed by atoms with Gasteiger partial charge in [0.2, 0.25) is 0 Å². The van der Waals surface area contributed by atoms with Crippen LogP contribution in [0.3, 0.4) is 0 Å². The van der Waals surface area contributed by atoms with Crippen LogP contribution in [-0.4, -0.2) is 47.6 Å². The maximum absolute atomic E-state index is 13.9. The number of carbonyl (C=O) groups is 2. The topological polar surface area (TPSA) is 81.7 Å². The third-order valence-corrected chi connectivity index (χ3v) is 7.65. The van der Waals surface area contributed by atoms with Crippen molar-refractivity contribution < 1.29 is 36.6 Å². The molecule has 3 N–H and O–H groups in total. The maximum atomic E-state index is 13.9. The zero-order valence-corrected chi connectivity index (χ0v) is 25.2. The van der Waals surface area contributed by atoms with Crippen molar-refractivity contribution in [2.75, 3.05) is 13.6 Å². The van der Waals surface area contributed by atoms with E-state index < -0.39 is 41.4 Å². The summed E-state index contributed by atoms with van der Waals surface area (Å²) in [4.78, 5) is 28.2. The number of aliphatic hydroxyl groups is 1. The first-order chi connectivity index (χ1) is 21.8. The van der Waals surface area contributed by atoms with Crippen molar-refractivity contribution >= 4 is 11.8 Å². The number of halogens is 5. The van der Waals surface area contributed by atoms with E-state index in [0.29, 0.717) is 11.6 Å². The zero-order valence-electron chi connectivity index (χ0n) is 25.2. The molecule has 0 aliphatic carbocycles. The molecule has 46 heavy (non-hydrogen) atoms. The van der Waals surface area contributed by atoms with Gasteiger partial charge in [-0.2, -0.15) is 13.2 Å². The van der Waals surface area contributed by atoms with Gasteiger partial charge in [0.1, 0.15) is 11.6 Å². The predicted molar refractivity (Wildman–Crippen MR) is 164 cm³/mol. The van der Waals surface area contributed by atoms with Crippen LogP contribution < -0.4 is 10.6 Å². The molecule has 11 heteroatoms. The molecular weight excluding hydrogens is 605 g/mol. The molecule has 2 amide bonds. The SMILES string of the molecule is C[C@H](c1ccccc1)N(C)C(=O)c1cccc(C(=O)N[C@@H](Cc2cc(F)cc(F)c2)[C@H](O)CNCc2cccc(C(F)(F)F)c2)c1. The number of rotatable bonds is 12. The van der Waals surface area contributed by atoms with E-state index in [1.54, 1.807) is 24.1 Å². The Balaban J connectivity index is 1.48. The summed E-state index contributed by atoms with van der Waals surface area (Å²) in [6, 6.07) is 21.7. The third kappa shape index (κ3) is 9.21. The fourth-order valence-corrected chi connectivity index (χ4v) is 5.01. The first-order valence-corrected chi connectivity index (χ1v) is 14.5. The van der Waals surface area contributed by atoms with Gasteiger partial charge in [0.15, 0.2) is 0 Å². The molecule has 6 nitrogen and oxygen atoms in total. The van der Waals surface area contributed by atoms with E-state index in [0.717, 1.165) is 29.8 Å². The number of benzene rings is 4. The molecule has 0 fully saturated rings. The van der Waals surface area contributed by atoms with Crippen LogP contribution in [0.1, 0.15) is 55.9 Å². The monoisotopic (exact) mass is 639 g/mol. The van der Waals surface area contributed by atoms with E-state index in [1.165, 1.54) is 24.3 Å². The number of hydrogen-bond acceptors (Lipinski definition) is 4. The second-order valence-electron chi connectivity index (χ2n) is 11.0. The van der Waals surface area contributed by atoms with Gasteiger partial charge in [0, 0.05) is 37.3 Å². The molecule has 4 aromatic rings. The van der Waals surface area contributed by atoms with Crippen molar-refractivity contribution in [2.24, 2.45) is 0 Å². The number of hydrogen-bond donors (Lipinski definition) is 3. The van der Waals surface area contributed by atoms with Gasteiger partial charge in [-0.1, -0.05) is 54.6 Å². The summed E-state index contributed by atoms with van der Waals surface area (Å²) in [6.07, 6.45) is -5.99. The van der Waals surface area contributed by atoms with Crippen molar-refractivity contribution in [1.82, 2.24) is 15.5 Å². The van der Waals surface area contributed by atoms with Gasteiger partial charge < -0.3 is 20.6 Å². The molecule has 0 bridgehead atoms. The van der Waals surface area contributed by atoms with Gasteiger partial charge in [-0.05, 0) is 66.4 Å². The Morgan fingerprint density at radius 2 is 1.48 bits per heavy atom. The van der Waals surface area contributed by atoms with Gasteiger partial charge in [0.25, 0.3) is 11.8 Å². The lowest BCUT2D eigenvalue weighted by atomic mass is 9.99. The second-order valence-corrected chi connectivity index (χ2v) is 11.0. The van der Waals surface area contributed by atoms with Crippen LogP contribution in [-0.2, 0) is 19.1 Å². The third-order valence-electron chi connectivity index (χ3n) is 7.65. The fourth-order valence-electron chi connectivity index (χ4n) is 5.01. The molecule has 0 saturated carbocycles.